The zero-order valence-corrected chi connectivity index (χ0v) is 16.5. The number of carbonyl (C=O) groups excluding carboxylic acids is 4. The minimum Gasteiger partial charge on any atom is -0.452 e. The van der Waals surface area contributed by atoms with Crippen LogP contribution in [0.3, 0.4) is 0 Å². The summed E-state index contributed by atoms with van der Waals surface area (Å²) in [4.78, 5) is 49.7. The number of hydrogen-bond donors (Lipinski definition) is 2. The Balaban J connectivity index is 2.45. The third-order valence-electron chi connectivity index (χ3n) is 4.08. The maximum atomic E-state index is 12.3. The standard InChI is InChI=1S/C18H31N3O5/c1-11(2)19-17(25)20-14(22)12(3)26-15(23)13-7-9-21(10-8-13)16(24)18(4,5)6/h11-13H,7-10H2,1-6H3,(H2,19,20,22,25). The van der Waals surface area contributed by atoms with Crippen molar-refractivity contribution < 1.29 is 23.9 Å². The van der Waals surface area contributed by atoms with E-state index < -0.39 is 29.4 Å². The smallest absolute Gasteiger partial charge is 0.321 e. The molecule has 0 aromatic carbocycles. The van der Waals surface area contributed by atoms with Gasteiger partial charge in [-0.05, 0) is 33.6 Å². The van der Waals surface area contributed by atoms with E-state index in [9.17, 15) is 19.2 Å². The zero-order chi connectivity index (χ0) is 20.1. The lowest BCUT2D eigenvalue weighted by molar-refractivity contribution is -0.161. The Bertz CT molecular complexity index is 546. The van der Waals surface area contributed by atoms with Crippen molar-refractivity contribution in [3.8, 4) is 0 Å². The van der Waals surface area contributed by atoms with E-state index in [1.165, 1.54) is 6.92 Å². The van der Waals surface area contributed by atoms with E-state index in [2.05, 4.69) is 10.6 Å². The number of piperidine rings is 1. The van der Waals surface area contributed by atoms with Crippen LogP contribution in [-0.2, 0) is 19.1 Å². The van der Waals surface area contributed by atoms with E-state index in [0.29, 0.717) is 25.9 Å². The molecule has 1 fully saturated rings. The van der Waals surface area contributed by atoms with Crippen molar-refractivity contribution in [1.82, 2.24) is 15.5 Å². The van der Waals surface area contributed by atoms with Gasteiger partial charge in [-0.2, -0.15) is 0 Å². The Morgan fingerprint density at radius 2 is 1.58 bits per heavy atom. The molecule has 1 atom stereocenters. The molecule has 0 radical (unpaired) electrons. The molecule has 0 aliphatic carbocycles. The molecule has 148 valence electrons. The fraction of sp³-hybridized carbons (Fsp3) is 0.778. The lowest BCUT2D eigenvalue weighted by Gasteiger charge is -2.35. The monoisotopic (exact) mass is 369 g/mol. The molecule has 2 N–H and O–H groups in total. The molecule has 1 rings (SSSR count). The molecular formula is C18H31N3O5. The van der Waals surface area contributed by atoms with E-state index in [1.807, 2.05) is 20.8 Å². The molecule has 0 aromatic rings. The molecule has 1 saturated heterocycles. The molecule has 1 unspecified atom stereocenters. The van der Waals surface area contributed by atoms with Gasteiger partial charge in [0, 0.05) is 24.5 Å². The van der Waals surface area contributed by atoms with Gasteiger partial charge >= 0.3 is 12.0 Å². The number of ether oxygens (including phenoxy) is 1. The summed E-state index contributed by atoms with van der Waals surface area (Å²) >= 11 is 0. The van der Waals surface area contributed by atoms with Crippen LogP contribution < -0.4 is 10.6 Å². The number of urea groups is 1. The maximum Gasteiger partial charge on any atom is 0.321 e. The number of carbonyl (C=O) groups is 4. The average Bonchev–Trinajstić information content (AvgIpc) is 2.52. The van der Waals surface area contributed by atoms with Gasteiger partial charge in [0.15, 0.2) is 6.10 Å². The van der Waals surface area contributed by atoms with Crippen molar-refractivity contribution in [3.63, 3.8) is 0 Å². The second-order valence-corrected chi connectivity index (χ2v) is 8.01. The van der Waals surface area contributed by atoms with Crippen molar-refractivity contribution in [2.75, 3.05) is 13.1 Å². The summed E-state index contributed by atoms with van der Waals surface area (Å²) in [6, 6.07) is -0.733. The number of likely N-dealkylation sites (tertiary alicyclic amines) is 1. The van der Waals surface area contributed by atoms with E-state index in [0.717, 1.165) is 0 Å². The van der Waals surface area contributed by atoms with E-state index in [1.54, 1.807) is 18.7 Å². The Hall–Kier alpha value is -2.12. The molecule has 1 aliphatic rings. The van der Waals surface area contributed by atoms with Crippen LogP contribution in [-0.4, -0.2) is 54.0 Å². The minimum absolute atomic E-state index is 0.0632. The van der Waals surface area contributed by atoms with Crippen LogP contribution in [0.1, 0.15) is 54.4 Å². The second kappa shape index (κ2) is 9.00. The van der Waals surface area contributed by atoms with Crippen LogP contribution in [0.4, 0.5) is 4.79 Å². The normalized spacial score (nSPS) is 16.8. The zero-order valence-electron chi connectivity index (χ0n) is 16.5. The third-order valence-corrected chi connectivity index (χ3v) is 4.08. The summed E-state index contributed by atoms with van der Waals surface area (Å²) in [5.41, 5.74) is -0.448. The Kier molecular flexibility index (Phi) is 7.59. The van der Waals surface area contributed by atoms with Gasteiger partial charge in [0.25, 0.3) is 5.91 Å². The maximum absolute atomic E-state index is 12.3. The first-order chi connectivity index (χ1) is 11.9. The van der Waals surface area contributed by atoms with Gasteiger partial charge in [0.1, 0.15) is 0 Å². The summed E-state index contributed by atoms with van der Waals surface area (Å²) < 4.78 is 5.19. The van der Waals surface area contributed by atoms with Crippen molar-refractivity contribution in [2.45, 2.75) is 66.5 Å². The molecule has 4 amide bonds. The Labute approximate surface area is 155 Å². The lowest BCUT2D eigenvalue weighted by Crippen LogP contribution is -2.48. The molecule has 0 aromatic heterocycles. The molecular weight excluding hydrogens is 338 g/mol. The Morgan fingerprint density at radius 1 is 1.04 bits per heavy atom. The molecule has 0 spiro atoms. The first-order valence-corrected chi connectivity index (χ1v) is 9.03. The average molecular weight is 369 g/mol. The molecule has 26 heavy (non-hydrogen) atoms. The summed E-state index contributed by atoms with van der Waals surface area (Å²) in [7, 11) is 0. The largest absolute Gasteiger partial charge is 0.452 e. The second-order valence-electron chi connectivity index (χ2n) is 8.01. The van der Waals surface area contributed by atoms with E-state index in [4.69, 9.17) is 4.74 Å². The fourth-order valence-electron chi connectivity index (χ4n) is 2.63. The number of hydrogen-bond acceptors (Lipinski definition) is 5. The van der Waals surface area contributed by atoms with Crippen molar-refractivity contribution >= 4 is 23.8 Å². The Morgan fingerprint density at radius 3 is 2.04 bits per heavy atom. The summed E-state index contributed by atoms with van der Waals surface area (Å²) in [6.07, 6.45) is -0.0549. The molecule has 8 heteroatoms. The summed E-state index contributed by atoms with van der Waals surface area (Å²) in [5.74, 6) is -1.43. The number of amides is 4. The highest BCUT2D eigenvalue weighted by atomic mass is 16.5. The number of rotatable bonds is 4. The van der Waals surface area contributed by atoms with E-state index >= 15 is 0 Å². The molecule has 0 bridgehead atoms. The summed E-state index contributed by atoms with van der Waals surface area (Å²) in [5, 5.41) is 4.66. The van der Waals surface area contributed by atoms with Crippen molar-refractivity contribution in [2.24, 2.45) is 11.3 Å². The predicted molar refractivity (Wildman–Crippen MR) is 96.1 cm³/mol. The SMILES string of the molecule is CC(C)NC(=O)NC(=O)C(C)OC(=O)C1CCN(C(=O)C(C)(C)C)CC1. The quantitative estimate of drug-likeness (QED) is 0.730. The minimum atomic E-state index is -1.06. The van der Waals surface area contributed by atoms with Gasteiger partial charge in [-0.1, -0.05) is 20.8 Å². The topological polar surface area (TPSA) is 105 Å². The highest BCUT2D eigenvalue weighted by Crippen LogP contribution is 2.24. The molecule has 8 nitrogen and oxygen atoms in total. The van der Waals surface area contributed by atoms with E-state index in [-0.39, 0.29) is 17.9 Å². The first-order valence-electron chi connectivity index (χ1n) is 9.03. The van der Waals surface area contributed by atoms with Gasteiger partial charge in [-0.15, -0.1) is 0 Å². The molecule has 1 heterocycles. The van der Waals surface area contributed by atoms with Crippen molar-refractivity contribution in [1.29, 1.82) is 0 Å². The van der Waals surface area contributed by atoms with Crippen LogP contribution in [0.25, 0.3) is 0 Å². The van der Waals surface area contributed by atoms with Crippen LogP contribution in [0.2, 0.25) is 0 Å². The number of esters is 1. The lowest BCUT2D eigenvalue weighted by atomic mass is 9.91. The third kappa shape index (κ3) is 6.65. The number of imide groups is 1. The van der Waals surface area contributed by atoms with Gasteiger partial charge in [-0.3, -0.25) is 19.7 Å². The number of nitrogens with one attached hydrogen (secondary N) is 2. The van der Waals surface area contributed by atoms with Gasteiger partial charge < -0.3 is 15.0 Å². The van der Waals surface area contributed by atoms with Crippen LogP contribution in [0.15, 0.2) is 0 Å². The first kappa shape index (κ1) is 21.9. The van der Waals surface area contributed by atoms with Gasteiger partial charge in [0.2, 0.25) is 5.91 Å². The number of nitrogens with zero attached hydrogens (tertiary/aromatic N) is 1. The molecule has 0 saturated carbocycles. The predicted octanol–water partition coefficient (Wildman–Crippen LogP) is 1.44. The van der Waals surface area contributed by atoms with Crippen molar-refractivity contribution in [3.05, 3.63) is 0 Å². The molecule has 1 aliphatic heterocycles. The highest BCUT2D eigenvalue weighted by molar-refractivity contribution is 5.97. The van der Waals surface area contributed by atoms with Crippen LogP contribution in [0.5, 0.6) is 0 Å². The fourth-order valence-corrected chi connectivity index (χ4v) is 2.63. The highest BCUT2D eigenvalue weighted by Gasteiger charge is 2.34. The van der Waals surface area contributed by atoms with Gasteiger partial charge in [-0.25, -0.2) is 4.79 Å². The van der Waals surface area contributed by atoms with Crippen LogP contribution >= 0.6 is 0 Å². The van der Waals surface area contributed by atoms with Gasteiger partial charge in [0.05, 0.1) is 5.92 Å². The van der Waals surface area contributed by atoms with Crippen LogP contribution in [0, 0.1) is 11.3 Å². The summed E-state index contributed by atoms with van der Waals surface area (Å²) in [6.45, 7) is 11.5.